The van der Waals surface area contributed by atoms with E-state index in [4.69, 9.17) is 0 Å². The molecule has 0 radical (unpaired) electrons. The third-order valence-corrected chi connectivity index (χ3v) is 5.61. The molecule has 0 aliphatic rings. The van der Waals surface area contributed by atoms with E-state index in [-0.39, 0.29) is 5.91 Å². The molecule has 0 saturated heterocycles. The quantitative estimate of drug-likeness (QED) is 0.713. The van der Waals surface area contributed by atoms with Crippen LogP contribution in [0.5, 0.6) is 0 Å². The Bertz CT molecular complexity index is 582. The summed E-state index contributed by atoms with van der Waals surface area (Å²) in [6.45, 7) is 2.58. The van der Waals surface area contributed by atoms with E-state index in [1.54, 1.807) is 11.3 Å². The van der Waals surface area contributed by atoms with E-state index < -0.39 is 0 Å². The van der Waals surface area contributed by atoms with Crippen LogP contribution in [0.15, 0.2) is 34.1 Å². The molecule has 1 amide bonds. The molecule has 0 bridgehead atoms. The lowest BCUT2D eigenvalue weighted by Crippen LogP contribution is -2.23. The number of aryl methyl sites for hydroxylation is 1. The van der Waals surface area contributed by atoms with E-state index in [1.165, 1.54) is 0 Å². The fourth-order valence-electron chi connectivity index (χ4n) is 1.53. The summed E-state index contributed by atoms with van der Waals surface area (Å²) in [5, 5.41) is 4.95. The van der Waals surface area contributed by atoms with Crippen LogP contribution in [0.25, 0.3) is 0 Å². The highest BCUT2D eigenvalue weighted by molar-refractivity contribution is 14.1. The first-order valence-electron chi connectivity index (χ1n) is 5.34. The molecule has 1 N–H and O–H groups in total. The van der Waals surface area contributed by atoms with Crippen molar-refractivity contribution in [1.82, 2.24) is 5.32 Å². The lowest BCUT2D eigenvalue weighted by atomic mass is 10.1. The first-order chi connectivity index (χ1) is 8.58. The molecule has 1 aromatic carbocycles. The summed E-state index contributed by atoms with van der Waals surface area (Å²) in [6.07, 6.45) is 0. The van der Waals surface area contributed by atoms with Gasteiger partial charge in [0, 0.05) is 18.3 Å². The van der Waals surface area contributed by atoms with Crippen molar-refractivity contribution in [2.24, 2.45) is 0 Å². The number of benzene rings is 1. The van der Waals surface area contributed by atoms with Crippen LogP contribution < -0.4 is 5.32 Å². The van der Waals surface area contributed by atoms with Crippen LogP contribution in [0.3, 0.4) is 0 Å². The molecule has 5 heteroatoms. The molecule has 0 unspecified atom stereocenters. The summed E-state index contributed by atoms with van der Waals surface area (Å²) in [7, 11) is 0. The molecule has 94 valence electrons. The first-order valence-corrected chi connectivity index (χ1v) is 8.09. The van der Waals surface area contributed by atoms with Gasteiger partial charge in [-0.25, -0.2) is 0 Å². The number of hydrogen-bond acceptors (Lipinski definition) is 2. The number of thiophene rings is 1. The van der Waals surface area contributed by atoms with E-state index in [1.807, 2.05) is 36.6 Å². The summed E-state index contributed by atoms with van der Waals surface area (Å²) in [6, 6.07) is 7.80. The van der Waals surface area contributed by atoms with Gasteiger partial charge in [-0.05, 0) is 63.1 Å². The molecule has 0 atom stereocenters. The van der Waals surface area contributed by atoms with Crippen LogP contribution in [-0.2, 0) is 6.54 Å². The highest BCUT2D eigenvalue weighted by atomic mass is 127. The molecule has 0 spiro atoms. The van der Waals surface area contributed by atoms with Gasteiger partial charge in [0.05, 0.1) is 12.1 Å². The monoisotopic (exact) mass is 435 g/mol. The van der Waals surface area contributed by atoms with Gasteiger partial charge in [0.1, 0.15) is 0 Å². The fourth-order valence-corrected chi connectivity index (χ4v) is 3.53. The molecule has 1 heterocycles. The molecule has 2 nitrogen and oxygen atoms in total. The molecule has 2 aromatic rings. The van der Waals surface area contributed by atoms with Crippen LogP contribution in [0.2, 0.25) is 0 Å². The minimum atomic E-state index is -0.0207. The smallest absolute Gasteiger partial charge is 0.252 e. The second-order valence-corrected chi connectivity index (χ2v) is 6.84. The van der Waals surface area contributed by atoms with Gasteiger partial charge in [-0.1, -0.05) is 12.1 Å². The van der Waals surface area contributed by atoms with E-state index in [2.05, 4.69) is 43.8 Å². The van der Waals surface area contributed by atoms with Crippen LogP contribution in [0.4, 0.5) is 0 Å². The fraction of sp³-hybridized carbons (Fsp3) is 0.154. The Morgan fingerprint density at radius 3 is 2.94 bits per heavy atom. The number of amides is 1. The predicted octanol–water partition coefficient (Wildman–Crippen LogP) is 4.35. The van der Waals surface area contributed by atoms with E-state index in [9.17, 15) is 4.79 Å². The summed E-state index contributed by atoms with van der Waals surface area (Å²) >= 11 is 7.25. The Kier molecular flexibility index (Phi) is 4.80. The standard InChI is InChI=1S/C13H11BrINOS/c1-8-3-2-4-11(12(8)15)13(17)16-6-10-5-9(14)7-18-10/h2-5,7H,6H2,1H3,(H,16,17). The maximum Gasteiger partial charge on any atom is 0.252 e. The van der Waals surface area contributed by atoms with E-state index in [0.717, 1.165) is 24.0 Å². The van der Waals surface area contributed by atoms with Crippen molar-refractivity contribution in [3.8, 4) is 0 Å². The van der Waals surface area contributed by atoms with Crippen LogP contribution >= 0.6 is 49.9 Å². The van der Waals surface area contributed by atoms with Crippen molar-refractivity contribution in [2.45, 2.75) is 13.5 Å². The molecule has 0 saturated carbocycles. The van der Waals surface area contributed by atoms with E-state index in [0.29, 0.717) is 6.54 Å². The number of nitrogens with one attached hydrogen (secondary N) is 1. The largest absolute Gasteiger partial charge is 0.347 e. The molecule has 2 rings (SSSR count). The van der Waals surface area contributed by atoms with Gasteiger partial charge in [-0.3, -0.25) is 4.79 Å². The molecule has 1 aromatic heterocycles. The first kappa shape index (κ1) is 14.0. The Morgan fingerprint density at radius 1 is 1.50 bits per heavy atom. The van der Waals surface area contributed by atoms with Gasteiger partial charge in [0.15, 0.2) is 0 Å². The van der Waals surface area contributed by atoms with Gasteiger partial charge in [-0.15, -0.1) is 11.3 Å². The molecular weight excluding hydrogens is 425 g/mol. The average molecular weight is 436 g/mol. The minimum absolute atomic E-state index is 0.0207. The minimum Gasteiger partial charge on any atom is -0.347 e. The number of carbonyl (C=O) groups is 1. The molecule has 18 heavy (non-hydrogen) atoms. The zero-order valence-electron chi connectivity index (χ0n) is 9.67. The second-order valence-electron chi connectivity index (χ2n) is 3.85. The van der Waals surface area contributed by atoms with Crippen LogP contribution in [-0.4, -0.2) is 5.91 Å². The Morgan fingerprint density at radius 2 is 2.28 bits per heavy atom. The number of rotatable bonds is 3. The second kappa shape index (κ2) is 6.16. The lowest BCUT2D eigenvalue weighted by Gasteiger charge is -2.07. The Hall–Kier alpha value is -0.400. The summed E-state index contributed by atoms with van der Waals surface area (Å²) in [5.41, 5.74) is 1.87. The third kappa shape index (κ3) is 3.33. The van der Waals surface area contributed by atoms with Crippen molar-refractivity contribution >= 4 is 55.8 Å². The number of hydrogen-bond donors (Lipinski definition) is 1. The van der Waals surface area contributed by atoms with Gasteiger partial charge < -0.3 is 5.32 Å². The highest BCUT2D eigenvalue weighted by Gasteiger charge is 2.11. The van der Waals surface area contributed by atoms with Crippen molar-refractivity contribution < 1.29 is 4.79 Å². The maximum atomic E-state index is 12.1. The lowest BCUT2D eigenvalue weighted by molar-refractivity contribution is 0.0950. The van der Waals surface area contributed by atoms with Crippen molar-refractivity contribution in [3.63, 3.8) is 0 Å². The van der Waals surface area contributed by atoms with Crippen molar-refractivity contribution in [1.29, 1.82) is 0 Å². The third-order valence-electron chi connectivity index (χ3n) is 2.48. The van der Waals surface area contributed by atoms with Gasteiger partial charge >= 0.3 is 0 Å². The summed E-state index contributed by atoms with van der Waals surface area (Å²) < 4.78 is 2.07. The van der Waals surface area contributed by atoms with Crippen LogP contribution in [0, 0.1) is 10.5 Å². The van der Waals surface area contributed by atoms with Gasteiger partial charge in [0.25, 0.3) is 5.91 Å². The van der Waals surface area contributed by atoms with Gasteiger partial charge in [-0.2, -0.15) is 0 Å². The van der Waals surface area contributed by atoms with E-state index >= 15 is 0 Å². The average Bonchev–Trinajstić information content (AvgIpc) is 2.76. The zero-order chi connectivity index (χ0) is 13.1. The normalized spacial score (nSPS) is 10.4. The summed E-state index contributed by atoms with van der Waals surface area (Å²) in [5.74, 6) is -0.0207. The van der Waals surface area contributed by atoms with Crippen molar-refractivity contribution in [2.75, 3.05) is 0 Å². The number of halogens is 2. The Labute approximate surface area is 132 Å². The zero-order valence-corrected chi connectivity index (χ0v) is 14.2. The number of carbonyl (C=O) groups excluding carboxylic acids is 1. The predicted molar refractivity (Wildman–Crippen MR) is 87.1 cm³/mol. The highest BCUT2D eigenvalue weighted by Crippen LogP contribution is 2.20. The Balaban J connectivity index is 2.06. The molecule has 0 aliphatic carbocycles. The molecule has 0 fully saturated rings. The summed E-state index contributed by atoms with van der Waals surface area (Å²) in [4.78, 5) is 13.2. The molecular formula is C13H11BrINOS. The van der Waals surface area contributed by atoms with Crippen molar-refractivity contribution in [3.05, 3.63) is 53.7 Å². The SMILES string of the molecule is Cc1cccc(C(=O)NCc2cc(Br)cs2)c1I. The molecule has 0 aliphatic heterocycles. The maximum absolute atomic E-state index is 12.1. The van der Waals surface area contributed by atoms with Gasteiger partial charge in [0.2, 0.25) is 0 Å². The topological polar surface area (TPSA) is 29.1 Å². The van der Waals surface area contributed by atoms with Crippen LogP contribution in [0.1, 0.15) is 20.8 Å².